The molecule has 0 amide bonds. The molecule has 1 rings (SSSR count). The second-order valence-corrected chi connectivity index (χ2v) is 6.55. The van der Waals surface area contributed by atoms with E-state index in [-0.39, 0.29) is 12.1 Å². The van der Waals surface area contributed by atoms with Crippen LogP contribution in [0.15, 0.2) is 0 Å². The van der Waals surface area contributed by atoms with Gasteiger partial charge in [0, 0.05) is 18.2 Å². The van der Waals surface area contributed by atoms with Crippen molar-refractivity contribution < 1.29 is 9.84 Å². The molecule has 18 heavy (non-hydrogen) atoms. The highest BCUT2D eigenvalue weighted by atomic mass is 16.5. The van der Waals surface area contributed by atoms with E-state index in [4.69, 9.17) is 4.74 Å². The van der Waals surface area contributed by atoms with Gasteiger partial charge in [0.15, 0.2) is 0 Å². The highest BCUT2D eigenvalue weighted by molar-refractivity contribution is 4.92. The number of aliphatic hydroxyl groups excluding tert-OH is 1. The van der Waals surface area contributed by atoms with Crippen LogP contribution in [0.5, 0.6) is 0 Å². The lowest BCUT2D eigenvalue weighted by molar-refractivity contribution is 0.0433. The van der Waals surface area contributed by atoms with Crippen molar-refractivity contribution in [3.63, 3.8) is 0 Å². The van der Waals surface area contributed by atoms with Gasteiger partial charge in [-0.2, -0.15) is 0 Å². The van der Waals surface area contributed by atoms with Crippen LogP contribution in [0.2, 0.25) is 0 Å². The standard InChI is InChI=1S/C15H31NO2/c1-12(2)10-13(3)18-9-5-8-15(4,11-17)16-14-6-7-14/h12-14,16-17H,5-11H2,1-4H3. The summed E-state index contributed by atoms with van der Waals surface area (Å²) in [6.07, 6.45) is 5.99. The molecule has 0 saturated heterocycles. The van der Waals surface area contributed by atoms with Crippen LogP contribution in [0.4, 0.5) is 0 Å². The Hall–Kier alpha value is -0.120. The molecular weight excluding hydrogens is 226 g/mol. The summed E-state index contributed by atoms with van der Waals surface area (Å²) in [4.78, 5) is 0. The largest absolute Gasteiger partial charge is 0.394 e. The van der Waals surface area contributed by atoms with Gasteiger partial charge in [-0.05, 0) is 51.9 Å². The summed E-state index contributed by atoms with van der Waals surface area (Å²) in [5.41, 5.74) is -0.119. The summed E-state index contributed by atoms with van der Waals surface area (Å²) in [6, 6.07) is 0.642. The first kappa shape index (κ1) is 15.9. The first-order valence-corrected chi connectivity index (χ1v) is 7.45. The van der Waals surface area contributed by atoms with Crippen LogP contribution in [-0.4, -0.2) is 36.0 Å². The van der Waals surface area contributed by atoms with E-state index in [1.165, 1.54) is 12.8 Å². The lowest BCUT2D eigenvalue weighted by Gasteiger charge is -2.29. The molecule has 0 radical (unpaired) electrons. The normalized spacial score (nSPS) is 21.0. The third-order valence-corrected chi connectivity index (χ3v) is 3.56. The van der Waals surface area contributed by atoms with E-state index in [2.05, 4.69) is 33.0 Å². The Bertz CT molecular complexity index is 229. The van der Waals surface area contributed by atoms with Crippen LogP contribution in [0.25, 0.3) is 0 Å². The Labute approximate surface area is 112 Å². The maximum absolute atomic E-state index is 9.49. The molecule has 0 aromatic heterocycles. The van der Waals surface area contributed by atoms with Crippen molar-refractivity contribution in [1.29, 1.82) is 0 Å². The Morgan fingerprint density at radius 1 is 1.33 bits per heavy atom. The zero-order valence-electron chi connectivity index (χ0n) is 12.5. The van der Waals surface area contributed by atoms with E-state index in [1.54, 1.807) is 0 Å². The quantitative estimate of drug-likeness (QED) is 0.591. The minimum atomic E-state index is -0.119. The van der Waals surface area contributed by atoms with E-state index in [0.717, 1.165) is 25.9 Å². The molecule has 108 valence electrons. The van der Waals surface area contributed by atoms with Gasteiger partial charge < -0.3 is 15.2 Å². The van der Waals surface area contributed by atoms with Gasteiger partial charge in [0.2, 0.25) is 0 Å². The predicted octanol–water partition coefficient (Wildman–Crippen LogP) is 2.72. The van der Waals surface area contributed by atoms with Gasteiger partial charge >= 0.3 is 0 Å². The minimum Gasteiger partial charge on any atom is -0.394 e. The molecule has 0 spiro atoms. The van der Waals surface area contributed by atoms with Crippen molar-refractivity contribution in [2.75, 3.05) is 13.2 Å². The minimum absolute atomic E-state index is 0.119. The molecule has 0 aliphatic heterocycles. The molecule has 1 saturated carbocycles. The Morgan fingerprint density at radius 2 is 2.00 bits per heavy atom. The van der Waals surface area contributed by atoms with Gasteiger partial charge in [0.1, 0.15) is 0 Å². The van der Waals surface area contributed by atoms with Crippen molar-refractivity contribution in [2.24, 2.45) is 5.92 Å². The highest BCUT2D eigenvalue weighted by Gasteiger charge is 2.31. The number of ether oxygens (including phenoxy) is 1. The lowest BCUT2D eigenvalue weighted by atomic mass is 9.97. The van der Waals surface area contributed by atoms with Gasteiger partial charge in [-0.15, -0.1) is 0 Å². The fourth-order valence-electron chi connectivity index (χ4n) is 2.40. The molecule has 1 aliphatic rings. The van der Waals surface area contributed by atoms with Crippen LogP contribution in [-0.2, 0) is 4.74 Å². The number of nitrogens with one attached hydrogen (secondary N) is 1. The zero-order valence-corrected chi connectivity index (χ0v) is 12.5. The Kier molecular flexibility index (Phi) is 6.61. The molecule has 0 heterocycles. The molecule has 2 unspecified atom stereocenters. The molecule has 3 nitrogen and oxygen atoms in total. The highest BCUT2D eigenvalue weighted by Crippen LogP contribution is 2.24. The average molecular weight is 257 g/mol. The summed E-state index contributed by atoms with van der Waals surface area (Å²) < 4.78 is 5.80. The second-order valence-electron chi connectivity index (χ2n) is 6.55. The van der Waals surface area contributed by atoms with E-state index in [1.807, 2.05) is 0 Å². The molecule has 1 aliphatic carbocycles. The van der Waals surface area contributed by atoms with E-state index >= 15 is 0 Å². The molecule has 0 bridgehead atoms. The van der Waals surface area contributed by atoms with Gasteiger partial charge in [0.25, 0.3) is 0 Å². The van der Waals surface area contributed by atoms with E-state index < -0.39 is 0 Å². The number of hydrogen-bond acceptors (Lipinski definition) is 3. The molecule has 3 heteroatoms. The Balaban J connectivity index is 2.10. The van der Waals surface area contributed by atoms with Crippen LogP contribution in [0.3, 0.4) is 0 Å². The van der Waals surface area contributed by atoms with Gasteiger partial charge in [0.05, 0.1) is 12.7 Å². The van der Waals surface area contributed by atoms with Gasteiger partial charge in [-0.1, -0.05) is 13.8 Å². The van der Waals surface area contributed by atoms with E-state index in [9.17, 15) is 5.11 Å². The fraction of sp³-hybridized carbons (Fsp3) is 1.00. The summed E-state index contributed by atoms with van der Waals surface area (Å²) in [7, 11) is 0. The third kappa shape index (κ3) is 6.72. The molecule has 0 aromatic rings. The number of rotatable bonds is 10. The van der Waals surface area contributed by atoms with Gasteiger partial charge in [-0.3, -0.25) is 0 Å². The third-order valence-electron chi connectivity index (χ3n) is 3.56. The molecule has 2 atom stereocenters. The summed E-state index contributed by atoms with van der Waals surface area (Å²) >= 11 is 0. The Morgan fingerprint density at radius 3 is 2.50 bits per heavy atom. The number of hydrogen-bond donors (Lipinski definition) is 2. The van der Waals surface area contributed by atoms with Crippen molar-refractivity contribution in [1.82, 2.24) is 5.32 Å². The fourth-order valence-corrected chi connectivity index (χ4v) is 2.40. The molecule has 0 aromatic carbocycles. The summed E-state index contributed by atoms with van der Waals surface area (Å²) in [6.45, 7) is 9.72. The molecule has 2 N–H and O–H groups in total. The average Bonchev–Trinajstić information content (AvgIpc) is 3.07. The van der Waals surface area contributed by atoms with Crippen LogP contribution in [0.1, 0.15) is 59.8 Å². The second kappa shape index (κ2) is 7.46. The summed E-state index contributed by atoms with van der Waals surface area (Å²) in [5, 5.41) is 13.0. The van der Waals surface area contributed by atoms with E-state index in [0.29, 0.717) is 18.1 Å². The van der Waals surface area contributed by atoms with Gasteiger partial charge in [-0.25, -0.2) is 0 Å². The maximum Gasteiger partial charge on any atom is 0.0610 e. The van der Waals surface area contributed by atoms with Crippen molar-refractivity contribution in [3.05, 3.63) is 0 Å². The van der Waals surface area contributed by atoms with Crippen molar-refractivity contribution in [3.8, 4) is 0 Å². The smallest absolute Gasteiger partial charge is 0.0610 e. The van der Waals surface area contributed by atoms with Crippen LogP contribution < -0.4 is 5.32 Å². The first-order valence-electron chi connectivity index (χ1n) is 7.45. The maximum atomic E-state index is 9.49. The van der Waals surface area contributed by atoms with Crippen LogP contribution >= 0.6 is 0 Å². The SMILES string of the molecule is CC(C)CC(C)OCCCC(C)(CO)NC1CC1. The molecule has 1 fully saturated rings. The first-order chi connectivity index (χ1) is 8.45. The molecular formula is C15H31NO2. The topological polar surface area (TPSA) is 41.5 Å². The zero-order chi connectivity index (χ0) is 13.6. The monoisotopic (exact) mass is 257 g/mol. The van der Waals surface area contributed by atoms with Crippen LogP contribution in [0, 0.1) is 5.92 Å². The van der Waals surface area contributed by atoms with Crippen molar-refractivity contribution in [2.45, 2.75) is 77.5 Å². The lowest BCUT2D eigenvalue weighted by Crippen LogP contribution is -2.47. The predicted molar refractivity (Wildman–Crippen MR) is 75.8 cm³/mol. The summed E-state index contributed by atoms with van der Waals surface area (Å²) in [5.74, 6) is 0.694. The number of aliphatic hydroxyl groups is 1. The van der Waals surface area contributed by atoms with Crippen molar-refractivity contribution >= 4 is 0 Å².